The molecule has 0 aliphatic carbocycles. The predicted molar refractivity (Wildman–Crippen MR) is 83.7 cm³/mol. The summed E-state index contributed by atoms with van der Waals surface area (Å²) in [6, 6.07) is 4.64. The van der Waals surface area contributed by atoms with Crippen molar-refractivity contribution in [2.24, 2.45) is 5.92 Å². The molecule has 0 aliphatic rings. The number of nitrogens with one attached hydrogen (secondary N) is 1. The number of hydrogen-bond donors (Lipinski definition) is 1. The molecule has 0 amide bonds. The Labute approximate surface area is 118 Å². The van der Waals surface area contributed by atoms with Crippen molar-refractivity contribution in [3.8, 4) is 0 Å². The average Bonchev–Trinajstić information content (AvgIpc) is 2.48. The fourth-order valence-corrected chi connectivity index (χ4v) is 2.26. The minimum absolute atomic E-state index is 0.308. The summed E-state index contributed by atoms with van der Waals surface area (Å²) in [5.74, 6) is 0.774. The summed E-state index contributed by atoms with van der Waals surface area (Å²) < 4.78 is 0. The Morgan fingerprint density at radius 1 is 1.21 bits per heavy atom. The molecule has 0 aromatic carbocycles. The Balaban J connectivity index is 2.76. The average molecular weight is 263 g/mol. The Kier molecular flexibility index (Phi) is 6.85. The van der Waals surface area contributed by atoms with E-state index in [-0.39, 0.29) is 0 Å². The molecule has 0 spiro atoms. The van der Waals surface area contributed by atoms with E-state index in [9.17, 15) is 0 Å². The fraction of sp³-hybridized carbons (Fsp3) is 0.688. The molecule has 0 bridgehead atoms. The van der Waals surface area contributed by atoms with Crippen LogP contribution in [0, 0.1) is 5.92 Å². The van der Waals surface area contributed by atoms with Crippen LogP contribution in [0.1, 0.15) is 52.3 Å². The van der Waals surface area contributed by atoms with E-state index in [1.54, 1.807) is 0 Å². The molecular formula is C16H29N3. The van der Waals surface area contributed by atoms with E-state index < -0.39 is 0 Å². The maximum Gasteiger partial charge on any atom is 0.0571 e. The molecule has 0 saturated heterocycles. The normalized spacial score (nSPS) is 12.7. The minimum atomic E-state index is 0.308. The highest BCUT2D eigenvalue weighted by molar-refractivity contribution is 5.44. The van der Waals surface area contributed by atoms with Crippen LogP contribution in [0.3, 0.4) is 0 Å². The van der Waals surface area contributed by atoms with Crippen LogP contribution in [0.15, 0.2) is 18.3 Å². The van der Waals surface area contributed by atoms with E-state index in [4.69, 9.17) is 0 Å². The quantitative estimate of drug-likeness (QED) is 0.776. The van der Waals surface area contributed by atoms with Gasteiger partial charge in [-0.05, 0) is 38.9 Å². The smallest absolute Gasteiger partial charge is 0.0571 e. The van der Waals surface area contributed by atoms with Crippen molar-refractivity contribution in [2.45, 2.75) is 46.6 Å². The molecule has 1 rings (SSSR count). The van der Waals surface area contributed by atoms with Crippen LogP contribution >= 0.6 is 0 Å². The third-order valence-corrected chi connectivity index (χ3v) is 4.03. The first-order chi connectivity index (χ1) is 9.15. The first-order valence-corrected chi connectivity index (χ1v) is 7.54. The summed E-state index contributed by atoms with van der Waals surface area (Å²) in [6.45, 7) is 11.1. The van der Waals surface area contributed by atoms with Gasteiger partial charge in [-0.15, -0.1) is 0 Å². The second-order valence-electron chi connectivity index (χ2n) is 5.17. The van der Waals surface area contributed by atoms with Crippen molar-refractivity contribution in [1.82, 2.24) is 10.3 Å². The van der Waals surface area contributed by atoms with Gasteiger partial charge in [0.15, 0.2) is 0 Å². The van der Waals surface area contributed by atoms with Crippen molar-refractivity contribution in [1.29, 1.82) is 0 Å². The van der Waals surface area contributed by atoms with E-state index in [0.29, 0.717) is 6.04 Å². The van der Waals surface area contributed by atoms with Gasteiger partial charge in [-0.25, -0.2) is 0 Å². The lowest BCUT2D eigenvalue weighted by molar-refractivity contribution is 0.486. The summed E-state index contributed by atoms with van der Waals surface area (Å²) in [4.78, 5) is 7.00. The first kappa shape index (κ1) is 16.0. The van der Waals surface area contributed by atoms with Gasteiger partial charge in [-0.1, -0.05) is 26.7 Å². The third kappa shape index (κ3) is 4.50. The number of hydrogen-bond acceptors (Lipinski definition) is 3. The van der Waals surface area contributed by atoms with Crippen LogP contribution < -0.4 is 10.2 Å². The highest BCUT2D eigenvalue weighted by Crippen LogP contribution is 2.19. The summed E-state index contributed by atoms with van der Waals surface area (Å²) in [5.41, 5.74) is 2.34. The lowest BCUT2D eigenvalue weighted by Gasteiger charge is -2.27. The molecule has 1 heterocycles. The molecular weight excluding hydrogens is 234 g/mol. The van der Waals surface area contributed by atoms with Gasteiger partial charge >= 0.3 is 0 Å². The Morgan fingerprint density at radius 2 is 1.89 bits per heavy atom. The van der Waals surface area contributed by atoms with Crippen LogP contribution in [0.25, 0.3) is 0 Å². The summed E-state index contributed by atoms with van der Waals surface area (Å²) in [7, 11) is 1.96. The van der Waals surface area contributed by atoms with E-state index in [0.717, 1.165) is 24.7 Å². The third-order valence-electron chi connectivity index (χ3n) is 4.03. The fourth-order valence-electron chi connectivity index (χ4n) is 2.26. The minimum Gasteiger partial charge on any atom is -0.370 e. The van der Waals surface area contributed by atoms with Gasteiger partial charge in [0.2, 0.25) is 0 Å². The second kappa shape index (κ2) is 8.16. The van der Waals surface area contributed by atoms with E-state index in [2.05, 4.69) is 55.0 Å². The number of rotatable bonds is 8. The SMILES string of the molecule is CCC(CC)CN(CC)c1ccc(C(C)NC)nc1. The summed E-state index contributed by atoms with van der Waals surface area (Å²) in [6.07, 6.45) is 4.50. The number of anilines is 1. The molecule has 0 aliphatic heterocycles. The van der Waals surface area contributed by atoms with E-state index in [1.165, 1.54) is 18.5 Å². The molecule has 3 nitrogen and oxygen atoms in total. The number of aromatic nitrogens is 1. The van der Waals surface area contributed by atoms with Gasteiger partial charge < -0.3 is 10.2 Å². The van der Waals surface area contributed by atoms with Crippen molar-refractivity contribution < 1.29 is 0 Å². The van der Waals surface area contributed by atoms with Crippen LogP contribution in [0.4, 0.5) is 5.69 Å². The van der Waals surface area contributed by atoms with Gasteiger partial charge in [0.1, 0.15) is 0 Å². The van der Waals surface area contributed by atoms with Crippen LogP contribution in [-0.4, -0.2) is 25.1 Å². The monoisotopic (exact) mass is 263 g/mol. The standard InChI is InChI=1S/C16H29N3/c1-6-14(7-2)12-19(8-3)15-9-10-16(18-11-15)13(4)17-5/h9-11,13-14,17H,6-8,12H2,1-5H3. The Bertz CT molecular complexity index is 344. The van der Waals surface area contributed by atoms with Crippen molar-refractivity contribution in [3.05, 3.63) is 24.0 Å². The van der Waals surface area contributed by atoms with Crippen molar-refractivity contribution >= 4 is 5.69 Å². The maximum atomic E-state index is 4.57. The van der Waals surface area contributed by atoms with Gasteiger partial charge in [0.25, 0.3) is 0 Å². The molecule has 1 N–H and O–H groups in total. The largest absolute Gasteiger partial charge is 0.370 e. The molecule has 108 valence electrons. The van der Waals surface area contributed by atoms with E-state index in [1.807, 2.05) is 13.2 Å². The second-order valence-corrected chi connectivity index (χ2v) is 5.17. The van der Waals surface area contributed by atoms with Gasteiger partial charge in [-0.2, -0.15) is 0 Å². The Morgan fingerprint density at radius 3 is 2.32 bits per heavy atom. The zero-order valence-corrected chi connectivity index (χ0v) is 13.1. The molecule has 1 aromatic heterocycles. The van der Waals surface area contributed by atoms with Gasteiger partial charge in [-0.3, -0.25) is 4.98 Å². The van der Waals surface area contributed by atoms with Crippen LogP contribution in [-0.2, 0) is 0 Å². The molecule has 0 fully saturated rings. The highest BCUT2D eigenvalue weighted by atomic mass is 15.1. The molecule has 1 unspecified atom stereocenters. The molecule has 19 heavy (non-hydrogen) atoms. The lowest BCUT2D eigenvalue weighted by atomic mass is 10.0. The van der Waals surface area contributed by atoms with Crippen LogP contribution in [0.2, 0.25) is 0 Å². The molecule has 1 aromatic rings. The van der Waals surface area contributed by atoms with Crippen molar-refractivity contribution in [3.63, 3.8) is 0 Å². The summed E-state index contributed by atoms with van der Waals surface area (Å²) >= 11 is 0. The predicted octanol–water partition coefficient (Wildman–Crippen LogP) is 3.62. The maximum absolute atomic E-state index is 4.57. The van der Waals surface area contributed by atoms with Gasteiger partial charge in [0, 0.05) is 19.1 Å². The summed E-state index contributed by atoms with van der Waals surface area (Å²) in [5, 5.41) is 3.22. The molecule has 0 radical (unpaired) electrons. The number of pyridine rings is 1. The van der Waals surface area contributed by atoms with Gasteiger partial charge in [0.05, 0.1) is 17.6 Å². The first-order valence-electron chi connectivity index (χ1n) is 7.54. The molecule has 3 heteroatoms. The zero-order valence-electron chi connectivity index (χ0n) is 13.1. The molecule has 1 atom stereocenters. The highest BCUT2D eigenvalue weighted by Gasteiger charge is 2.11. The molecule has 0 saturated carbocycles. The lowest BCUT2D eigenvalue weighted by Crippen LogP contribution is -2.29. The van der Waals surface area contributed by atoms with Crippen LogP contribution in [0.5, 0.6) is 0 Å². The van der Waals surface area contributed by atoms with Crippen molar-refractivity contribution in [2.75, 3.05) is 25.0 Å². The topological polar surface area (TPSA) is 28.2 Å². The Hall–Kier alpha value is -1.09. The zero-order chi connectivity index (χ0) is 14.3. The van der Waals surface area contributed by atoms with E-state index >= 15 is 0 Å². The number of nitrogens with zero attached hydrogens (tertiary/aromatic N) is 2.